The van der Waals surface area contributed by atoms with E-state index in [4.69, 9.17) is 10.5 Å². The highest BCUT2D eigenvalue weighted by Crippen LogP contribution is 2.57. The molecule has 3 fully saturated rings. The van der Waals surface area contributed by atoms with E-state index >= 15 is 0 Å². The van der Waals surface area contributed by atoms with Crippen molar-refractivity contribution in [1.29, 1.82) is 0 Å². The lowest BCUT2D eigenvalue weighted by molar-refractivity contribution is -0.153. The zero-order valence-corrected chi connectivity index (χ0v) is 13.5. The lowest BCUT2D eigenvalue weighted by atomic mass is 9.48. The molecule has 3 unspecified atom stereocenters. The van der Waals surface area contributed by atoms with Gasteiger partial charge in [-0.05, 0) is 31.1 Å². The van der Waals surface area contributed by atoms with Gasteiger partial charge in [-0.25, -0.2) is 0 Å². The van der Waals surface area contributed by atoms with Crippen molar-refractivity contribution in [3.8, 4) is 0 Å². The molecule has 116 valence electrons. The van der Waals surface area contributed by atoms with Crippen LogP contribution in [0, 0.1) is 16.7 Å². The van der Waals surface area contributed by atoms with Gasteiger partial charge in [-0.15, -0.1) is 0 Å². The Kier molecular flexibility index (Phi) is 3.67. The number of ether oxygens (including phenoxy) is 1. The Balaban J connectivity index is 1.58. The smallest absolute Gasteiger partial charge is 0.0691 e. The molecule has 1 saturated heterocycles. The van der Waals surface area contributed by atoms with E-state index < -0.39 is 0 Å². The molecule has 0 radical (unpaired) electrons. The summed E-state index contributed by atoms with van der Waals surface area (Å²) in [6.45, 7) is 9.91. The number of hydrogen-bond acceptors (Lipinski definition) is 3. The van der Waals surface area contributed by atoms with Crippen molar-refractivity contribution in [2.45, 2.75) is 70.9 Å². The third kappa shape index (κ3) is 1.97. The third-order valence-electron chi connectivity index (χ3n) is 7.00. The van der Waals surface area contributed by atoms with Gasteiger partial charge in [0.25, 0.3) is 0 Å². The van der Waals surface area contributed by atoms with Crippen LogP contribution in [-0.4, -0.2) is 31.3 Å². The monoisotopic (exact) mass is 280 g/mol. The number of nitrogens with one attached hydrogen (secondary N) is 1. The molecule has 20 heavy (non-hydrogen) atoms. The SMILES string of the molecule is CCC1(CNCC2(N)C3CCOC3C2(C)C)CCCC1. The van der Waals surface area contributed by atoms with E-state index in [2.05, 4.69) is 26.1 Å². The molecule has 0 amide bonds. The van der Waals surface area contributed by atoms with Gasteiger partial charge in [0.1, 0.15) is 0 Å². The first kappa shape index (κ1) is 14.8. The second-order valence-corrected chi connectivity index (χ2v) is 8.11. The highest BCUT2D eigenvalue weighted by molar-refractivity contribution is 5.21. The molecule has 0 aromatic carbocycles. The second kappa shape index (κ2) is 4.96. The minimum absolute atomic E-state index is 0.0816. The van der Waals surface area contributed by atoms with Crippen molar-refractivity contribution in [2.75, 3.05) is 19.7 Å². The third-order valence-corrected chi connectivity index (χ3v) is 7.00. The van der Waals surface area contributed by atoms with Crippen molar-refractivity contribution in [1.82, 2.24) is 5.32 Å². The van der Waals surface area contributed by atoms with Gasteiger partial charge in [0, 0.05) is 36.6 Å². The Labute approximate surface area is 124 Å². The highest BCUT2D eigenvalue weighted by Gasteiger charge is 2.67. The van der Waals surface area contributed by atoms with Crippen LogP contribution in [0.25, 0.3) is 0 Å². The highest BCUT2D eigenvalue weighted by atomic mass is 16.5. The summed E-state index contributed by atoms with van der Waals surface area (Å²) in [5.41, 5.74) is 7.37. The van der Waals surface area contributed by atoms with Gasteiger partial charge in [0.05, 0.1) is 6.10 Å². The van der Waals surface area contributed by atoms with Gasteiger partial charge < -0.3 is 15.8 Å². The molecule has 0 aromatic rings. The molecule has 0 bridgehead atoms. The van der Waals surface area contributed by atoms with Crippen LogP contribution in [0.15, 0.2) is 0 Å². The molecular weight excluding hydrogens is 248 g/mol. The molecule has 3 heteroatoms. The van der Waals surface area contributed by atoms with Crippen molar-refractivity contribution in [2.24, 2.45) is 22.5 Å². The fraction of sp³-hybridized carbons (Fsp3) is 1.00. The van der Waals surface area contributed by atoms with Gasteiger partial charge in [0.2, 0.25) is 0 Å². The minimum Gasteiger partial charge on any atom is -0.377 e. The van der Waals surface area contributed by atoms with Crippen LogP contribution in [0.3, 0.4) is 0 Å². The summed E-state index contributed by atoms with van der Waals surface area (Å²) in [4.78, 5) is 0. The maximum atomic E-state index is 6.79. The lowest BCUT2D eigenvalue weighted by Gasteiger charge is -2.62. The summed E-state index contributed by atoms with van der Waals surface area (Å²) >= 11 is 0. The van der Waals surface area contributed by atoms with Gasteiger partial charge >= 0.3 is 0 Å². The van der Waals surface area contributed by atoms with Gasteiger partial charge in [0.15, 0.2) is 0 Å². The Morgan fingerprint density at radius 2 is 1.90 bits per heavy atom. The van der Waals surface area contributed by atoms with Crippen molar-refractivity contribution < 1.29 is 4.74 Å². The first-order valence-electron chi connectivity index (χ1n) is 8.56. The van der Waals surface area contributed by atoms with E-state index in [1.54, 1.807) is 0 Å². The van der Waals surface area contributed by atoms with Gasteiger partial charge in [-0.1, -0.05) is 33.6 Å². The summed E-state index contributed by atoms with van der Waals surface area (Å²) in [6.07, 6.45) is 8.45. The van der Waals surface area contributed by atoms with Crippen LogP contribution >= 0.6 is 0 Å². The predicted molar refractivity (Wildman–Crippen MR) is 82.6 cm³/mol. The Hall–Kier alpha value is -0.120. The first-order chi connectivity index (χ1) is 9.45. The summed E-state index contributed by atoms with van der Waals surface area (Å²) in [5, 5.41) is 3.75. The number of fused-ring (bicyclic) bond motifs is 1. The fourth-order valence-electron chi connectivity index (χ4n) is 5.15. The maximum Gasteiger partial charge on any atom is 0.0691 e. The number of rotatable bonds is 5. The zero-order chi connectivity index (χ0) is 14.4. The number of nitrogens with two attached hydrogens (primary N) is 1. The van der Waals surface area contributed by atoms with Gasteiger partial charge in [-0.2, -0.15) is 0 Å². The van der Waals surface area contributed by atoms with E-state index in [1.807, 2.05) is 0 Å². The average Bonchev–Trinajstić information content (AvgIpc) is 3.07. The van der Waals surface area contributed by atoms with E-state index in [0.29, 0.717) is 17.4 Å². The molecule has 0 spiro atoms. The molecule has 2 saturated carbocycles. The van der Waals surface area contributed by atoms with Crippen LogP contribution in [0.5, 0.6) is 0 Å². The van der Waals surface area contributed by atoms with Crippen molar-refractivity contribution in [3.63, 3.8) is 0 Å². The lowest BCUT2D eigenvalue weighted by Crippen LogP contribution is -2.78. The summed E-state index contributed by atoms with van der Waals surface area (Å²) < 4.78 is 5.88. The zero-order valence-electron chi connectivity index (χ0n) is 13.5. The van der Waals surface area contributed by atoms with E-state index in [9.17, 15) is 0 Å². The molecule has 3 nitrogen and oxygen atoms in total. The maximum absolute atomic E-state index is 6.79. The van der Waals surface area contributed by atoms with E-state index in [0.717, 1.165) is 26.1 Å². The normalized spacial score (nSPS) is 41.4. The van der Waals surface area contributed by atoms with Crippen LogP contribution in [0.1, 0.15) is 59.3 Å². The van der Waals surface area contributed by atoms with Crippen LogP contribution in [-0.2, 0) is 4.74 Å². The summed E-state index contributed by atoms with van der Waals surface area (Å²) in [7, 11) is 0. The van der Waals surface area contributed by atoms with Crippen LogP contribution in [0.2, 0.25) is 0 Å². The minimum atomic E-state index is -0.0816. The van der Waals surface area contributed by atoms with Crippen LogP contribution < -0.4 is 11.1 Å². The summed E-state index contributed by atoms with van der Waals surface area (Å²) in [6, 6.07) is 0. The molecule has 3 aliphatic rings. The second-order valence-electron chi connectivity index (χ2n) is 8.11. The molecule has 3 N–H and O–H groups in total. The molecule has 2 aliphatic carbocycles. The predicted octanol–water partition coefficient (Wildman–Crippen LogP) is 2.69. The van der Waals surface area contributed by atoms with E-state index in [1.165, 1.54) is 32.1 Å². The quantitative estimate of drug-likeness (QED) is 0.814. The summed E-state index contributed by atoms with van der Waals surface area (Å²) in [5.74, 6) is 0.561. The van der Waals surface area contributed by atoms with Crippen molar-refractivity contribution >= 4 is 0 Å². The van der Waals surface area contributed by atoms with Gasteiger partial charge in [-0.3, -0.25) is 0 Å². The topological polar surface area (TPSA) is 47.3 Å². The largest absolute Gasteiger partial charge is 0.377 e. The molecule has 0 aromatic heterocycles. The standard InChI is InChI=1S/C17H32N2O/c1-4-16(8-5-6-9-16)11-19-12-17(18)13-7-10-20-14(13)15(17,2)3/h13-14,19H,4-12,18H2,1-3H3. The van der Waals surface area contributed by atoms with E-state index in [-0.39, 0.29) is 11.0 Å². The average molecular weight is 280 g/mol. The molecule has 3 rings (SSSR count). The first-order valence-corrected chi connectivity index (χ1v) is 8.56. The Morgan fingerprint density at radius 3 is 2.55 bits per heavy atom. The Morgan fingerprint density at radius 1 is 1.20 bits per heavy atom. The molecule has 1 heterocycles. The van der Waals surface area contributed by atoms with Crippen molar-refractivity contribution in [3.05, 3.63) is 0 Å². The molecular formula is C17H32N2O. The Bertz CT molecular complexity index is 362. The molecule has 1 aliphatic heterocycles. The number of hydrogen-bond donors (Lipinski definition) is 2. The molecule has 3 atom stereocenters. The van der Waals surface area contributed by atoms with Crippen LogP contribution in [0.4, 0.5) is 0 Å². The fourth-order valence-corrected chi connectivity index (χ4v) is 5.15.